The van der Waals surface area contributed by atoms with Crippen molar-refractivity contribution < 1.29 is 14.0 Å². The second-order valence-electron chi connectivity index (χ2n) is 6.72. The van der Waals surface area contributed by atoms with Crippen LogP contribution in [-0.2, 0) is 11.3 Å². The van der Waals surface area contributed by atoms with E-state index in [1.807, 2.05) is 4.90 Å². The van der Waals surface area contributed by atoms with Crippen LogP contribution in [0.2, 0.25) is 0 Å². The van der Waals surface area contributed by atoms with Crippen LogP contribution in [0.3, 0.4) is 0 Å². The molecule has 0 aliphatic carbocycles. The van der Waals surface area contributed by atoms with Crippen LogP contribution in [-0.4, -0.2) is 54.3 Å². The molecule has 0 bridgehead atoms. The van der Waals surface area contributed by atoms with Gasteiger partial charge in [0.15, 0.2) is 10.4 Å². The van der Waals surface area contributed by atoms with Crippen LogP contribution in [0, 0.1) is 6.92 Å². The molecule has 1 saturated heterocycles. The number of nitrogens with zero attached hydrogens (tertiary/aromatic N) is 2. The average molecular weight is 434 g/mol. The lowest BCUT2D eigenvalue weighted by molar-refractivity contribution is -0.130. The molecule has 0 spiro atoms. The Kier molecular flexibility index (Phi) is 6.68. The van der Waals surface area contributed by atoms with Gasteiger partial charge in [-0.3, -0.25) is 14.5 Å². The van der Waals surface area contributed by atoms with Gasteiger partial charge in [0.05, 0.1) is 6.54 Å². The summed E-state index contributed by atoms with van der Waals surface area (Å²) in [6, 6.07) is 11.6. The summed E-state index contributed by atoms with van der Waals surface area (Å²) in [5.74, 6) is -0.258. The molecule has 0 saturated carbocycles. The molecular formula is C20H24BrN3O3. The first-order valence-corrected chi connectivity index (χ1v) is 9.90. The summed E-state index contributed by atoms with van der Waals surface area (Å²) in [6.45, 7) is 6.19. The summed E-state index contributed by atoms with van der Waals surface area (Å²) < 4.78 is 5.68. The molecule has 0 radical (unpaired) electrons. The Hall–Kier alpha value is -2.12. The van der Waals surface area contributed by atoms with E-state index in [1.54, 1.807) is 12.1 Å². The van der Waals surface area contributed by atoms with E-state index < -0.39 is 0 Å². The van der Waals surface area contributed by atoms with Gasteiger partial charge in [0.25, 0.3) is 5.91 Å². The van der Waals surface area contributed by atoms with E-state index in [0.29, 0.717) is 17.8 Å². The number of carbonyl (C=O) groups excluding carboxylic acids is 2. The van der Waals surface area contributed by atoms with Crippen LogP contribution in [0.15, 0.2) is 45.5 Å². The van der Waals surface area contributed by atoms with E-state index in [4.69, 9.17) is 4.42 Å². The largest absolute Gasteiger partial charge is 0.444 e. The number of rotatable bonds is 5. The zero-order chi connectivity index (χ0) is 19.2. The fourth-order valence-electron chi connectivity index (χ4n) is 3.20. The SMILES string of the molecule is Cc1ccccc1CN1CCCN(C(=O)CNC(=O)c2ccc(Br)o2)CC1. The first kappa shape index (κ1) is 19.6. The smallest absolute Gasteiger partial charge is 0.287 e. The third-order valence-electron chi connectivity index (χ3n) is 4.79. The number of halogens is 1. The van der Waals surface area contributed by atoms with E-state index in [9.17, 15) is 9.59 Å². The molecular weight excluding hydrogens is 410 g/mol. The molecule has 27 heavy (non-hydrogen) atoms. The Morgan fingerprint density at radius 3 is 2.67 bits per heavy atom. The van der Waals surface area contributed by atoms with Crippen LogP contribution in [0.25, 0.3) is 0 Å². The number of carbonyl (C=O) groups is 2. The molecule has 0 atom stereocenters. The lowest BCUT2D eigenvalue weighted by atomic mass is 10.1. The van der Waals surface area contributed by atoms with E-state index in [-0.39, 0.29) is 24.1 Å². The lowest BCUT2D eigenvalue weighted by Gasteiger charge is -2.22. The molecule has 1 fully saturated rings. The third-order valence-corrected chi connectivity index (χ3v) is 5.22. The second-order valence-corrected chi connectivity index (χ2v) is 7.50. The van der Waals surface area contributed by atoms with Crippen molar-refractivity contribution in [2.75, 3.05) is 32.7 Å². The maximum atomic E-state index is 12.5. The zero-order valence-electron chi connectivity index (χ0n) is 15.4. The van der Waals surface area contributed by atoms with Crippen molar-refractivity contribution >= 4 is 27.7 Å². The summed E-state index contributed by atoms with van der Waals surface area (Å²) in [5, 5.41) is 2.63. The van der Waals surface area contributed by atoms with Crippen LogP contribution in [0.1, 0.15) is 28.1 Å². The second kappa shape index (κ2) is 9.19. The molecule has 1 aromatic heterocycles. The third kappa shape index (κ3) is 5.43. The molecule has 2 amide bonds. The van der Waals surface area contributed by atoms with Crippen LogP contribution < -0.4 is 5.32 Å². The van der Waals surface area contributed by atoms with Gasteiger partial charge in [-0.15, -0.1) is 0 Å². The first-order valence-electron chi connectivity index (χ1n) is 9.11. The highest BCUT2D eigenvalue weighted by molar-refractivity contribution is 9.10. The number of aryl methyl sites for hydroxylation is 1. The molecule has 2 aromatic rings. The zero-order valence-corrected chi connectivity index (χ0v) is 17.0. The molecule has 2 heterocycles. The summed E-state index contributed by atoms with van der Waals surface area (Å²) in [4.78, 5) is 28.7. The van der Waals surface area contributed by atoms with Gasteiger partial charge in [0.2, 0.25) is 5.91 Å². The topological polar surface area (TPSA) is 65.8 Å². The highest BCUT2D eigenvalue weighted by Crippen LogP contribution is 2.14. The quantitative estimate of drug-likeness (QED) is 0.786. The van der Waals surface area contributed by atoms with Crippen molar-refractivity contribution in [1.82, 2.24) is 15.1 Å². The lowest BCUT2D eigenvalue weighted by Crippen LogP contribution is -2.41. The van der Waals surface area contributed by atoms with E-state index in [0.717, 1.165) is 26.1 Å². The summed E-state index contributed by atoms with van der Waals surface area (Å²) in [6.07, 6.45) is 0.927. The maximum absolute atomic E-state index is 12.5. The van der Waals surface area contributed by atoms with Crippen molar-refractivity contribution in [3.8, 4) is 0 Å². The van der Waals surface area contributed by atoms with Crippen molar-refractivity contribution in [3.05, 3.63) is 58.0 Å². The summed E-state index contributed by atoms with van der Waals surface area (Å²) in [7, 11) is 0. The molecule has 144 valence electrons. The first-order chi connectivity index (χ1) is 13.0. The molecule has 3 rings (SSSR count). The van der Waals surface area contributed by atoms with Crippen LogP contribution in [0.4, 0.5) is 0 Å². The Morgan fingerprint density at radius 1 is 1.11 bits per heavy atom. The fraction of sp³-hybridized carbons (Fsp3) is 0.400. The number of nitrogens with one attached hydrogen (secondary N) is 1. The molecule has 0 unspecified atom stereocenters. The van der Waals surface area contributed by atoms with Crippen molar-refractivity contribution in [3.63, 3.8) is 0 Å². The van der Waals surface area contributed by atoms with Crippen LogP contribution >= 0.6 is 15.9 Å². The monoisotopic (exact) mass is 433 g/mol. The Labute approximate surface area is 167 Å². The van der Waals surface area contributed by atoms with Gasteiger partial charge in [-0.05, 0) is 52.5 Å². The maximum Gasteiger partial charge on any atom is 0.287 e. The van der Waals surface area contributed by atoms with Gasteiger partial charge in [0, 0.05) is 32.7 Å². The van der Waals surface area contributed by atoms with Crippen LogP contribution in [0.5, 0.6) is 0 Å². The van der Waals surface area contributed by atoms with E-state index >= 15 is 0 Å². The van der Waals surface area contributed by atoms with Gasteiger partial charge in [-0.25, -0.2) is 0 Å². The summed E-state index contributed by atoms with van der Waals surface area (Å²) in [5.41, 5.74) is 2.62. The average Bonchev–Trinajstić information content (AvgIpc) is 2.96. The normalized spacial score (nSPS) is 15.4. The molecule has 1 aromatic carbocycles. The standard InChI is InChI=1S/C20H24BrN3O3/c1-15-5-2-3-6-16(15)14-23-9-4-10-24(12-11-23)19(25)13-22-20(26)17-7-8-18(21)27-17/h2-3,5-8H,4,9-14H2,1H3,(H,22,26). The minimum absolute atomic E-state index is 0.0189. The van der Waals surface area contributed by atoms with E-state index in [1.165, 1.54) is 11.1 Å². The van der Waals surface area contributed by atoms with Gasteiger partial charge in [0.1, 0.15) is 0 Å². The number of hydrogen-bond donors (Lipinski definition) is 1. The van der Waals surface area contributed by atoms with Gasteiger partial charge >= 0.3 is 0 Å². The van der Waals surface area contributed by atoms with Crippen molar-refractivity contribution in [2.24, 2.45) is 0 Å². The van der Waals surface area contributed by atoms with E-state index in [2.05, 4.69) is 57.3 Å². The minimum atomic E-state index is -0.384. The predicted molar refractivity (Wildman–Crippen MR) is 106 cm³/mol. The van der Waals surface area contributed by atoms with Gasteiger partial charge < -0.3 is 14.6 Å². The number of benzene rings is 1. The molecule has 6 nitrogen and oxygen atoms in total. The fourth-order valence-corrected chi connectivity index (χ4v) is 3.50. The molecule has 1 aliphatic heterocycles. The molecule has 1 aliphatic rings. The Balaban J connectivity index is 1.48. The van der Waals surface area contributed by atoms with Crippen molar-refractivity contribution in [1.29, 1.82) is 0 Å². The van der Waals surface area contributed by atoms with Crippen molar-refractivity contribution in [2.45, 2.75) is 19.9 Å². The molecule has 7 heteroatoms. The predicted octanol–water partition coefficient (Wildman–Crippen LogP) is 2.81. The number of furan rings is 1. The highest BCUT2D eigenvalue weighted by Gasteiger charge is 2.20. The number of amides is 2. The van der Waals surface area contributed by atoms with Gasteiger partial charge in [-0.2, -0.15) is 0 Å². The Bertz CT molecular complexity index is 805. The summed E-state index contributed by atoms with van der Waals surface area (Å²) >= 11 is 3.16. The minimum Gasteiger partial charge on any atom is -0.444 e. The number of hydrogen-bond acceptors (Lipinski definition) is 4. The van der Waals surface area contributed by atoms with Gasteiger partial charge in [-0.1, -0.05) is 24.3 Å². The molecule has 1 N–H and O–H groups in total. The Morgan fingerprint density at radius 2 is 1.93 bits per heavy atom. The highest BCUT2D eigenvalue weighted by atomic mass is 79.9.